The number of nitrogens with one attached hydrogen (secondary N) is 1. The lowest BCUT2D eigenvalue weighted by molar-refractivity contribution is -0.150. The summed E-state index contributed by atoms with van der Waals surface area (Å²) in [5.74, 6) is -1.67. The number of oxime groups is 1. The Morgan fingerprint density at radius 2 is 2.16 bits per heavy atom. The number of nitrogen functional groups attached to an aromatic ring is 1. The van der Waals surface area contributed by atoms with Crippen LogP contribution in [0.1, 0.15) is 25.1 Å². The van der Waals surface area contributed by atoms with Gasteiger partial charge in [-0.1, -0.05) is 16.9 Å². The Labute approximate surface area is 234 Å². The monoisotopic (exact) mass is 595 g/mol. The molecule has 12 nitrogen and oxygen atoms in total. The molecule has 38 heavy (non-hydrogen) atoms. The van der Waals surface area contributed by atoms with Crippen LogP contribution in [-0.2, 0) is 20.1 Å². The molecule has 7 N–H and O–H groups in total. The normalized spacial score (nSPS) is 19.7. The highest BCUT2D eigenvalue weighted by Crippen LogP contribution is 2.46. The van der Waals surface area contributed by atoms with Gasteiger partial charge in [-0.2, -0.15) is 0 Å². The van der Waals surface area contributed by atoms with E-state index in [1.54, 1.807) is 24.2 Å². The molecule has 2 atom stereocenters. The van der Waals surface area contributed by atoms with Crippen LogP contribution in [0.4, 0.5) is 5.13 Å². The van der Waals surface area contributed by atoms with Crippen molar-refractivity contribution in [3.05, 3.63) is 45.7 Å². The van der Waals surface area contributed by atoms with Gasteiger partial charge >= 0.3 is 5.97 Å². The van der Waals surface area contributed by atoms with Gasteiger partial charge in [0.2, 0.25) is 0 Å². The summed E-state index contributed by atoms with van der Waals surface area (Å²) < 4.78 is -0.132. The molecular weight excluding hydrogens is 571 g/mol. The number of β-lactam (4-membered cyclic amide) rings is 1. The number of nitrogens with zero attached hydrogens (tertiary/aromatic N) is 4. The van der Waals surface area contributed by atoms with Gasteiger partial charge in [-0.15, -0.1) is 34.9 Å². The van der Waals surface area contributed by atoms with Crippen LogP contribution in [0.15, 0.2) is 44.5 Å². The van der Waals surface area contributed by atoms with Crippen molar-refractivity contribution in [1.29, 1.82) is 0 Å². The van der Waals surface area contributed by atoms with Gasteiger partial charge in [0.1, 0.15) is 22.8 Å². The van der Waals surface area contributed by atoms with Crippen molar-refractivity contribution < 1.29 is 24.7 Å². The van der Waals surface area contributed by atoms with Crippen molar-refractivity contribution in [3.8, 4) is 0 Å². The van der Waals surface area contributed by atoms with Crippen LogP contribution in [0.5, 0.6) is 0 Å². The molecular formula is C22H25N7O5S4. The van der Waals surface area contributed by atoms with Crippen molar-refractivity contribution >= 4 is 75.2 Å². The number of anilines is 1. The predicted molar refractivity (Wildman–Crippen MR) is 149 cm³/mol. The Balaban J connectivity index is 1.52. The maximum atomic E-state index is 13.0. The van der Waals surface area contributed by atoms with Crippen molar-refractivity contribution in [2.75, 3.05) is 18.0 Å². The Hall–Kier alpha value is -2.79. The van der Waals surface area contributed by atoms with Gasteiger partial charge < -0.3 is 27.1 Å². The van der Waals surface area contributed by atoms with E-state index in [0.29, 0.717) is 23.0 Å². The maximum absolute atomic E-state index is 13.0. The van der Waals surface area contributed by atoms with E-state index in [-0.39, 0.29) is 21.3 Å². The van der Waals surface area contributed by atoms with E-state index in [4.69, 9.17) is 11.5 Å². The number of fused-ring (bicyclic) bond motifs is 1. The van der Waals surface area contributed by atoms with E-state index in [2.05, 4.69) is 34.3 Å². The van der Waals surface area contributed by atoms with E-state index >= 15 is 0 Å². The van der Waals surface area contributed by atoms with Gasteiger partial charge in [-0.25, -0.2) is 9.78 Å². The van der Waals surface area contributed by atoms with Crippen molar-refractivity contribution in [1.82, 2.24) is 20.2 Å². The lowest BCUT2D eigenvalue weighted by Crippen LogP contribution is -2.71. The van der Waals surface area contributed by atoms with E-state index in [1.807, 2.05) is 6.07 Å². The van der Waals surface area contributed by atoms with Gasteiger partial charge in [-0.05, 0) is 25.5 Å². The molecule has 2 aromatic heterocycles. The number of pyridine rings is 1. The molecule has 4 heterocycles. The number of aliphatic carboxylic acids is 1. The summed E-state index contributed by atoms with van der Waals surface area (Å²) in [6.07, 6.45) is 3.39. The van der Waals surface area contributed by atoms with Crippen molar-refractivity contribution in [2.24, 2.45) is 10.9 Å². The number of nitrogens with two attached hydrogens (primary N) is 2. The molecule has 1 saturated heterocycles. The number of thioether (sulfide) groups is 3. The summed E-state index contributed by atoms with van der Waals surface area (Å²) in [5.41, 5.74) is 11.9. The second-order valence-corrected chi connectivity index (χ2v) is 13.6. The zero-order chi connectivity index (χ0) is 27.6. The van der Waals surface area contributed by atoms with Crippen molar-refractivity contribution in [2.45, 2.75) is 40.7 Å². The number of hydrogen-bond donors (Lipinski definition) is 5. The summed E-state index contributed by atoms with van der Waals surface area (Å²) in [4.78, 5) is 48.7. The summed E-state index contributed by atoms with van der Waals surface area (Å²) in [6, 6.07) is 0.828. The topological polar surface area (TPSA) is 197 Å². The molecule has 2 aromatic rings. The smallest absolute Gasteiger partial charge is 0.353 e. The number of carbonyl (C=O) groups is 3. The van der Waals surface area contributed by atoms with Crippen LogP contribution in [0.2, 0.25) is 0 Å². The highest BCUT2D eigenvalue weighted by atomic mass is 32.2. The fraction of sp³-hybridized carbons (Fsp3) is 0.364. The number of carboxylic acid groups (broad SMARTS) is 1. The number of amides is 2. The Morgan fingerprint density at radius 3 is 2.79 bits per heavy atom. The third-order valence-corrected chi connectivity index (χ3v) is 10.4. The first-order chi connectivity index (χ1) is 18.1. The molecule has 0 aromatic carbocycles. The number of carboxylic acids is 1. The van der Waals surface area contributed by atoms with Gasteiger partial charge in [0.15, 0.2) is 10.8 Å². The molecule has 0 bridgehead atoms. The van der Waals surface area contributed by atoms with Crippen LogP contribution in [-0.4, -0.2) is 77.1 Å². The lowest BCUT2D eigenvalue weighted by atomic mass is 10.0. The minimum Gasteiger partial charge on any atom is -0.477 e. The third-order valence-electron chi connectivity index (χ3n) is 5.70. The molecule has 202 valence electrons. The minimum absolute atomic E-state index is 0.0680. The van der Waals surface area contributed by atoms with Crippen LogP contribution >= 0.6 is 46.6 Å². The Bertz CT molecular complexity index is 1330. The molecule has 2 aliphatic rings. The predicted octanol–water partition coefficient (Wildman–Crippen LogP) is 1.76. The molecule has 2 aliphatic heterocycles. The number of carbonyl (C=O) groups excluding carboxylic acids is 2. The largest absolute Gasteiger partial charge is 0.477 e. The molecule has 16 heteroatoms. The molecule has 0 unspecified atom stereocenters. The van der Waals surface area contributed by atoms with Crippen molar-refractivity contribution in [3.63, 3.8) is 0 Å². The molecule has 1 fully saturated rings. The van der Waals surface area contributed by atoms with Crippen LogP contribution < -0.4 is 16.8 Å². The fourth-order valence-corrected chi connectivity index (χ4v) is 7.68. The van der Waals surface area contributed by atoms with Crippen LogP contribution in [0, 0.1) is 0 Å². The first-order valence-corrected chi connectivity index (χ1v) is 14.9. The zero-order valence-electron chi connectivity index (χ0n) is 20.3. The van der Waals surface area contributed by atoms with Gasteiger partial charge in [0.25, 0.3) is 11.8 Å². The van der Waals surface area contributed by atoms with Crippen LogP contribution in [0.3, 0.4) is 0 Å². The third kappa shape index (κ3) is 5.78. The maximum Gasteiger partial charge on any atom is 0.353 e. The average Bonchev–Trinajstić information content (AvgIpc) is 3.32. The van der Waals surface area contributed by atoms with E-state index in [1.165, 1.54) is 33.8 Å². The molecule has 0 radical (unpaired) electrons. The zero-order valence-corrected chi connectivity index (χ0v) is 23.5. The summed E-state index contributed by atoms with van der Waals surface area (Å²) in [5, 5.41) is 25.9. The Kier molecular flexibility index (Phi) is 8.56. The summed E-state index contributed by atoms with van der Waals surface area (Å²) in [6.45, 7) is 4.61. The van der Waals surface area contributed by atoms with Gasteiger partial charge in [0.05, 0.1) is 0 Å². The lowest BCUT2D eigenvalue weighted by Gasteiger charge is -2.49. The fourth-order valence-electron chi connectivity index (χ4n) is 3.58. The molecule has 0 saturated carbocycles. The second-order valence-electron chi connectivity index (χ2n) is 8.80. The van der Waals surface area contributed by atoms with Gasteiger partial charge in [0, 0.05) is 50.4 Å². The second kappa shape index (κ2) is 11.5. The number of aromatic nitrogens is 2. The van der Waals surface area contributed by atoms with Gasteiger partial charge in [-0.3, -0.25) is 19.5 Å². The highest BCUT2D eigenvalue weighted by Gasteiger charge is 2.54. The summed E-state index contributed by atoms with van der Waals surface area (Å²) in [7, 11) is 0. The summed E-state index contributed by atoms with van der Waals surface area (Å²) >= 11 is 5.37. The molecule has 2 amide bonds. The Morgan fingerprint density at radius 1 is 1.39 bits per heavy atom. The number of hydrogen-bond acceptors (Lipinski definition) is 13. The first-order valence-electron chi connectivity index (χ1n) is 11.2. The SMILES string of the molecule is CC(C)(CN)SCc1cnccc1SC1=C(C(=O)O)N2C(=O)[C@@H](NC(=O)/C(=N\O)c3csc(N)n3)[C@@H]2SC1. The quantitative estimate of drug-likeness (QED) is 0.116. The minimum atomic E-state index is -1.24. The molecule has 4 rings (SSSR count). The van der Waals surface area contributed by atoms with Crippen LogP contribution in [0.25, 0.3) is 0 Å². The average molecular weight is 596 g/mol. The molecule has 0 aliphatic carbocycles. The number of thiazole rings is 1. The molecule has 0 spiro atoms. The van der Waals surface area contributed by atoms with E-state index < -0.39 is 34.9 Å². The highest BCUT2D eigenvalue weighted by molar-refractivity contribution is 8.06. The standard InChI is InChI=1S/C22H25N7O5S4/c1-22(2,9-23)37-6-10-5-25-4-3-12(10)38-13-8-35-19-15(18(31)29(19)16(13)20(32)33)27-17(30)14(28-34)11-7-36-21(24)26-11/h3-5,7,15,19,34H,6,8-9,23H2,1-2H3,(H2,24,26)(H,27,30)(H,32,33)/b28-14-/t15-,19+/m1/s1. The number of rotatable bonds is 10. The first kappa shape index (κ1) is 28.2. The van der Waals surface area contributed by atoms with E-state index in [0.717, 1.165) is 21.8 Å². The van der Waals surface area contributed by atoms with E-state index in [9.17, 15) is 24.7 Å².